The van der Waals surface area contributed by atoms with Crippen LogP contribution in [0.25, 0.3) is 21.8 Å². The standard InChI is InChI=1S/C24H16N6/c25-12-15-7-9-19(10-8-15)28-24-26-13-18-14-27-30(23(18)29-24)21-11-17-5-1-3-16-4-2-6-20(21)22(16)17/h1-10,13-14,21H,11H2,(H,26,28,29). The number of hydrogen-bond donors (Lipinski definition) is 1. The molecule has 0 aliphatic heterocycles. The average molecular weight is 388 g/mol. The molecule has 1 unspecified atom stereocenters. The van der Waals surface area contributed by atoms with Crippen molar-refractivity contribution in [3.8, 4) is 6.07 Å². The van der Waals surface area contributed by atoms with Gasteiger partial charge >= 0.3 is 0 Å². The molecule has 5 aromatic rings. The lowest BCUT2D eigenvalue weighted by molar-refractivity contribution is 0.550. The highest BCUT2D eigenvalue weighted by Gasteiger charge is 2.27. The molecule has 1 N–H and O–H groups in total. The molecule has 1 aliphatic carbocycles. The van der Waals surface area contributed by atoms with Crippen LogP contribution in [0, 0.1) is 11.3 Å². The highest BCUT2D eigenvalue weighted by atomic mass is 15.3. The van der Waals surface area contributed by atoms with Crippen molar-refractivity contribution < 1.29 is 0 Å². The number of benzene rings is 3. The lowest BCUT2D eigenvalue weighted by Gasteiger charge is -2.14. The third-order valence-electron chi connectivity index (χ3n) is 5.69. The first-order chi connectivity index (χ1) is 14.8. The molecule has 0 saturated heterocycles. The molecule has 142 valence electrons. The van der Waals surface area contributed by atoms with Gasteiger partial charge in [0.15, 0.2) is 5.65 Å². The van der Waals surface area contributed by atoms with E-state index in [1.165, 1.54) is 21.9 Å². The molecule has 0 fully saturated rings. The predicted octanol–water partition coefficient (Wildman–Crippen LogP) is 4.74. The van der Waals surface area contributed by atoms with E-state index in [2.05, 4.69) is 57.9 Å². The average Bonchev–Trinajstić information content (AvgIpc) is 3.37. The maximum Gasteiger partial charge on any atom is 0.229 e. The maximum absolute atomic E-state index is 8.96. The smallest absolute Gasteiger partial charge is 0.229 e. The Kier molecular flexibility index (Phi) is 3.56. The summed E-state index contributed by atoms with van der Waals surface area (Å²) in [6.45, 7) is 0. The zero-order valence-electron chi connectivity index (χ0n) is 15.9. The van der Waals surface area contributed by atoms with Gasteiger partial charge in [0.05, 0.1) is 29.3 Å². The van der Waals surface area contributed by atoms with Gasteiger partial charge in [-0.1, -0.05) is 36.4 Å². The summed E-state index contributed by atoms with van der Waals surface area (Å²) in [6.07, 6.45) is 4.51. The van der Waals surface area contributed by atoms with E-state index in [0.29, 0.717) is 11.5 Å². The molecule has 0 spiro atoms. The van der Waals surface area contributed by atoms with Crippen molar-refractivity contribution in [2.75, 3.05) is 5.32 Å². The van der Waals surface area contributed by atoms with Gasteiger partial charge in [-0.2, -0.15) is 15.3 Å². The summed E-state index contributed by atoms with van der Waals surface area (Å²) >= 11 is 0. The zero-order valence-corrected chi connectivity index (χ0v) is 15.9. The van der Waals surface area contributed by atoms with Crippen LogP contribution >= 0.6 is 0 Å². The third kappa shape index (κ3) is 2.53. The summed E-state index contributed by atoms with van der Waals surface area (Å²) < 4.78 is 2.01. The van der Waals surface area contributed by atoms with Gasteiger partial charge in [0, 0.05) is 11.9 Å². The molecule has 1 aliphatic rings. The van der Waals surface area contributed by atoms with Gasteiger partial charge in [0.1, 0.15) is 0 Å². The van der Waals surface area contributed by atoms with Crippen LogP contribution < -0.4 is 5.32 Å². The fourth-order valence-corrected chi connectivity index (χ4v) is 4.32. The van der Waals surface area contributed by atoms with E-state index in [4.69, 9.17) is 10.2 Å². The molecule has 2 heterocycles. The molecule has 6 rings (SSSR count). The summed E-state index contributed by atoms with van der Waals surface area (Å²) in [6, 6.07) is 22.4. The van der Waals surface area contributed by atoms with Crippen molar-refractivity contribution >= 4 is 33.4 Å². The maximum atomic E-state index is 8.96. The first-order valence-electron chi connectivity index (χ1n) is 9.78. The monoisotopic (exact) mass is 388 g/mol. The molecule has 3 aromatic carbocycles. The quantitative estimate of drug-likeness (QED) is 0.483. The van der Waals surface area contributed by atoms with Gasteiger partial charge < -0.3 is 5.32 Å². The van der Waals surface area contributed by atoms with Crippen molar-refractivity contribution in [1.82, 2.24) is 19.7 Å². The van der Waals surface area contributed by atoms with Gasteiger partial charge in [-0.15, -0.1) is 0 Å². The van der Waals surface area contributed by atoms with Crippen molar-refractivity contribution in [3.63, 3.8) is 0 Å². The molecule has 0 saturated carbocycles. The largest absolute Gasteiger partial charge is 0.324 e. The van der Waals surface area contributed by atoms with Crippen LogP contribution in [0.3, 0.4) is 0 Å². The van der Waals surface area contributed by atoms with E-state index in [1.807, 2.05) is 23.0 Å². The van der Waals surface area contributed by atoms with Crippen molar-refractivity contribution in [2.45, 2.75) is 12.5 Å². The Bertz CT molecular complexity index is 1450. The van der Waals surface area contributed by atoms with Gasteiger partial charge in [-0.25, -0.2) is 9.67 Å². The Balaban J connectivity index is 1.41. The van der Waals surface area contributed by atoms with Crippen LogP contribution in [0.1, 0.15) is 22.7 Å². The minimum Gasteiger partial charge on any atom is -0.324 e. The van der Waals surface area contributed by atoms with E-state index >= 15 is 0 Å². The van der Waals surface area contributed by atoms with Crippen LogP contribution in [0.15, 0.2) is 73.1 Å². The van der Waals surface area contributed by atoms with Crippen LogP contribution in [-0.4, -0.2) is 19.7 Å². The van der Waals surface area contributed by atoms with Crippen molar-refractivity contribution in [3.05, 3.63) is 89.7 Å². The number of hydrogen-bond acceptors (Lipinski definition) is 5. The van der Waals surface area contributed by atoms with E-state index in [1.54, 1.807) is 18.3 Å². The Labute approximate surface area is 172 Å². The lowest BCUT2D eigenvalue weighted by Crippen LogP contribution is -2.12. The van der Waals surface area contributed by atoms with Crippen LogP contribution in [0.2, 0.25) is 0 Å². The molecule has 6 heteroatoms. The first-order valence-corrected chi connectivity index (χ1v) is 9.78. The topological polar surface area (TPSA) is 79.4 Å². The summed E-state index contributed by atoms with van der Waals surface area (Å²) in [7, 11) is 0. The number of nitriles is 1. The fourth-order valence-electron chi connectivity index (χ4n) is 4.32. The minimum atomic E-state index is 0.112. The van der Waals surface area contributed by atoms with Gasteiger partial charge in [0.2, 0.25) is 5.95 Å². The first kappa shape index (κ1) is 16.7. The predicted molar refractivity (Wildman–Crippen MR) is 116 cm³/mol. The molecule has 6 nitrogen and oxygen atoms in total. The van der Waals surface area contributed by atoms with Crippen molar-refractivity contribution in [1.29, 1.82) is 5.26 Å². The Morgan fingerprint density at radius 1 is 0.967 bits per heavy atom. The molecule has 0 amide bonds. The number of fused-ring (bicyclic) bond motifs is 1. The Morgan fingerprint density at radius 3 is 2.63 bits per heavy atom. The van der Waals surface area contributed by atoms with Gasteiger partial charge in [0.25, 0.3) is 0 Å². The second-order valence-corrected chi connectivity index (χ2v) is 7.46. The normalized spacial score (nSPS) is 14.8. The number of anilines is 2. The zero-order chi connectivity index (χ0) is 20.1. The number of nitrogens with zero attached hydrogens (tertiary/aromatic N) is 5. The second kappa shape index (κ2) is 6.39. The van der Waals surface area contributed by atoms with Crippen LogP contribution in [-0.2, 0) is 6.42 Å². The van der Waals surface area contributed by atoms with E-state index in [0.717, 1.165) is 23.1 Å². The Morgan fingerprint density at radius 2 is 1.80 bits per heavy atom. The molecule has 0 radical (unpaired) electrons. The van der Waals surface area contributed by atoms with Crippen LogP contribution in [0.5, 0.6) is 0 Å². The molecular weight excluding hydrogens is 372 g/mol. The third-order valence-corrected chi connectivity index (χ3v) is 5.69. The van der Waals surface area contributed by atoms with Gasteiger partial charge in [-0.3, -0.25) is 0 Å². The van der Waals surface area contributed by atoms with Gasteiger partial charge in [-0.05, 0) is 52.6 Å². The molecule has 0 bridgehead atoms. The minimum absolute atomic E-state index is 0.112. The number of aromatic nitrogens is 4. The van der Waals surface area contributed by atoms with E-state index in [-0.39, 0.29) is 6.04 Å². The highest BCUT2D eigenvalue weighted by molar-refractivity contribution is 5.91. The van der Waals surface area contributed by atoms with E-state index in [9.17, 15) is 0 Å². The summed E-state index contributed by atoms with van der Waals surface area (Å²) in [5.74, 6) is 0.502. The summed E-state index contributed by atoms with van der Waals surface area (Å²) in [5, 5.41) is 20.4. The summed E-state index contributed by atoms with van der Waals surface area (Å²) in [4.78, 5) is 9.18. The van der Waals surface area contributed by atoms with E-state index < -0.39 is 0 Å². The summed E-state index contributed by atoms with van der Waals surface area (Å²) in [5.41, 5.74) is 4.88. The molecule has 1 atom stereocenters. The molecular formula is C24H16N6. The SMILES string of the molecule is N#Cc1ccc(Nc2ncc3cnn(C4Cc5cccc6cccc4c56)c3n2)cc1. The fraction of sp³-hybridized carbons (Fsp3) is 0.0833. The lowest BCUT2D eigenvalue weighted by atomic mass is 10.0. The number of nitrogens with one attached hydrogen (secondary N) is 1. The second-order valence-electron chi connectivity index (χ2n) is 7.46. The molecule has 2 aromatic heterocycles. The molecule has 30 heavy (non-hydrogen) atoms. The highest BCUT2D eigenvalue weighted by Crippen LogP contribution is 2.39. The number of rotatable bonds is 3. The Hall–Kier alpha value is -4.24. The van der Waals surface area contributed by atoms with Crippen LogP contribution in [0.4, 0.5) is 11.6 Å². The van der Waals surface area contributed by atoms with Crippen molar-refractivity contribution in [2.24, 2.45) is 0 Å².